The number of benzene rings is 1. The predicted octanol–water partition coefficient (Wildman–Crippen LogP) is 6.87. The summed E-state index contributed by atoms with van der Waals surface area (Å²) < 4.78 is 43.2. The minimum Gasteiger partial charge on any atom is -0.486 e. The Kier molecular flexibility index (Phi) is 14.9. The third-order valence-corrected chi connectivity index (χ3v) is 11.3. The van der Waals surface area contributed by atoms with Gasteiger partial charge in [0.25, 0.3) is 0 Å². The maximum absolute atomic E-state index is 13.1. The van der Waals surface area contributed by atoms with Crippen molar-refractivity contribution in [2.75, 3.05) is 25.6 Å². The zero-order valence-corrected chi connectivity index (χ0v) is 31.7. The van der Waals surface area contributed by atoms with Gasteiger partial charge in [-0.05, 0) is 37.6 Å². The van der Waals surface area contributed by atoms with E-state index in [0.29, 0.717) is 23.6 Å². The van der Waals surface area contributed by atoms with Gasteiger partial charge in [-0.15, -0.1) is 0 Å². The van der Waals surface area contributed by atoms with Crippen molar-refractivity contribution in [2.24, 2.45) is 0 Å². The number of rotatable bonds is 26. The zero-order valence-electron chi connectivity index (χ0n) is 30.8. The molecule has 290 valence electrons. The number of aliphatic hydroxyl groups excluding tert-OH is 1. The smallest absolute Gasteiger partial charge is 0.472 e. The molecule has 0 spiro atoms. The van der Waals surface area contributed by atoms with Crippen molar-refractivity contribution in [3.63, 3.8) is 0 Å². The number of para-hydroxylation sites is 1. The lowest BCUT2D eigenvalue weighted by Crippen LogP contribution is -2.46. The first-order valence-corrected chi connectivity index (χ1v) is 20.7. The molecule has 2 aromatic heterocycles. The van der Waals surface area contributed by atoms with Gasteiger partial charge in [0.15, 0.2) is 11.4 Å². The molecule has 1 saturated heterocycles. The molecule has 2 fully saturated rings. The zero-order chi connectivity index (χ0) is 37.0. The van der Waals surface area contributed by atoms with E-state index in [1.54, 1.807) is 31.2 Å². The molecular weight excluding hydrogens is 687 g/mol. The molecule has 1 aliphatic heterocycles. The maximum atomic E-state index is 13.1. The molecule has 13 nitrogen and oxygen atoms in total. The van der Waals surface area contributed by atoms with E-state index in [1.165, 1.54) is 94.3 Å². The van der Waals surface area contributed by atoms with Crippen LogP contribution >= 0.6 is 7.82 Å². The summed E-state index contributed by atoms with van der Waals surface area (Å²) in [5.41, 5.74) is 3.52. The highest BCUT2D eigenvalue weighted by molar-refractivity contribution is 7.47. The van der Waals surface area contributed by atoms with Gasteiger partial charge in [0.2, 0.25) is 0 Å². The Morgan fingerprint density at radius 3 is 2.13 bits per heavy atom. The molecule has 14 heteroatoms. The molecular formula is C38H59N4O9P. The highest BCUT2D eigenvalue weighted by Crippen LogP contribution is 2.63. The Hall–Kier alpha value is -2.61. The van der Waals surface area contributed by atoms with Crippen LogP contribution in [-0.2, 0) is 28.7 Å². The number of nitrogens with zero attached hydrogens (tertiary/aromatic N) is 3. The largest absolute Gasteiger partial charge is 0.486 e. The molecule has 5 rings (SSSR count). The van der Waals surface area contributed by atoms with Crippen LogP contribution in [0.2, 0.25) is 0 Å². The summed E-state index contributed by atoms with van der Waals surface area (Å²) in [6, 6.07) is 12.4. The standard InChI is InChI=1S/C38H59N4O9P/c1-3-4-5-6-7-8-9-10-11-12-13-14-15-16-20-25-47-26-30(49-29-21-18-17-19-22-29)27-48-52(45,46)51-34-33-38(34,44)36(43)37(2,50-33)32-24-23-31-35(39)40-28-41-42(31)32/h17-19,21-24,28,30,33-34,36,43-44H,3-16,20,25-27H2,1-2H3,(H,45,46)(H2,39,40,41)/t30-,33+,34?,36-,37-,38-/m0/s1. The van der Waals surface area contributed by atoms with Crippen molar-refractivity contribution in [1.82, 2.24) is 14.6 Å². The summed E-state index contributed by atoms with van der Waals surface area (Å²) in [6.07, 6.45) is 16.0. The SMILES string of the molecule is CCCCCCCCCCCCCCCCCOC[C@@H](COP(=O)(O)OC1[C@H]2O[C@@](C)(c3ccc4c(N)ncnn34)[C@H](O)[C@@]12O)Oc1ccccc1. The van der Waals surface area contributed by atoms with Gasteiger partial charge >= 0.3 is 7.82 Å². The van der Waals surface area contributed by atoms with Gasteiger partial charge in [-0.25, -0.2) is 14.1 Å². The van der Waals surface area contributed by atoms with Crippen molar-refractivity contribution in [3.05, 3.63) is 54.5 Å². The number of phosphoric ester groups is 1. The number of hydrogen-bond acceptors (Lipinski definition) is 11. The molecule has 2 unspecified atom stereocenters. The van der Waals surface area contributed by atoms with Gasteiger partial charge in [-0.1, -0.05) is 115 Å². The highest BCUT2D eigenvalue weighted by Gasteiger charge is 2.82. The molecule has 0 amide bonds. The predicted molar refractivity (Wildman–Crippen MR) is 198 cm³/mol. The van der Waals surface area contributed by atoms with E-state index in [0.717, 1.165) is 12.8 Å². The first-order chi connectivity index (χ1) is 25.1. The Balaban J connectivity index is 1.00. The number of unbranched alkanes of at least 4 members (excludes halogenated alkanes) is 14. The first kappa shape index (κ1) is 40.6. The van der Waals surface area contributed by atoms with Gasteiger partial charge in [-0.2, -0.15) is 5.10 Å². The van der Waals surface area contributed by atoms with E-state index >= 15 is 0 Å². The molecule has 2 aliphatic rings. The number of nitrogen functional groups attached to an aromatic ring is 1. The second-order valence-corrected chi connectivity index (χ2v) is 15.9. The van der Waals surface area contributed by atoms with Crippen LogP contribution in [0.4, 0.5) is 5.82 Å². The molecule has 5 N–H and O–H groups in total. The van der Waals surface area contributed by atoms with E-state index in [-0.39, 0.29) is 19.0 Å². The van der Waals surface area contributed by atoms with Crippen LogP contribution in [-0.4, -0.2) is 79.5 Å². The summed E-state index contributed by atoms with van der Waals surface area (Å²) in [7, 11) is -4.72. The molecule has 52 heavy (non-hydrogen) atoms. The molecule has 1 saturated carbocycles. The van der Waals surface area contributed by atoms with Crippen LogP contribution < -0.4 is 10.5 Å². The fraction of sp³-hybridized carbons (Fsp3) is 0.684. The lowest BCUT2D eigenvalue weighted by atomic mass is 9.91. The minimum atomic E-state index is -4.72. The number of ether oxygens (including phenoxy) is 3. The van der Waals surface area contributed by atoms with Crippen molar-refractivity contribution >= 4 is 19.2 Å². The number of aliphatic hydroxyl groups is 2. The van der Waals surface area contributed by atoms with Crippen LogP contribution in [0.15, 0.2) is 48.8 Å². The topological polar surface area (TPSA) is 180 Å². The molecule has 1 aromatic carbocycles. The van der Waals surface area contributed by atoms with Gasteiger partial charge in [0.05, 0.1) is 18.9 Å². The van der Waals surface area contributed by atoms with E-state index in [9.17, 15) is 19.7 Å². The molecule has 1 aliphatic carbocycles. The molecule has 0 radical (unpaired) electrons. The van der Waals surface area contributed by atoms with Gasteiger partial charge in [0.1, 0.15) is 47.6 Å². The Morgan fingerprint density at radius 2 is 1.54 bits per heavy atom. The lowest BCUT2D eigenvalue weighted by molar-refractivity contribution is -0.126. The Labute approximate surface area is 307 Å². The van der Waals surface area contributed by atoms with Crippen molar-refractivity contribution in [2.45, 2.75) is 146 Å². The van der Waals surface area contributed by atoms with E-state index in [4.69, 9.17) is 29.0 Å². The fourth-order valence-electron chi connectivity index (χ4n) is 7.19. The van der Waals surface area contributed by atoms with Crippen LogP contribution in [0.25, 0.3) is 5.52 Å². The average Bonchev–Trinajstić information content (AvgIpc) is 3.38. The molecule has 3 aromatic rings. The molecule has 7 atom stereocenters. The second-order valence-electron chi connectivity index (χ2n) is 14.5. The number of hydrogen-bond donors (Lipinski definition) is 4. The van der Waals surface area contributed by atoms with E-state index in [2.05, 4.69) is 17.0 Å². The third kappa shape index (κ3) is 10.3. The van der Waals surface area contributed by atoms with Crippen LogP contribution in [0.5, 0.6) is 5.75 Å². The number of fused-ring (bicyclic) bond motifs is 2. The minimum absolute atomic E-state index is 0.142. The highest BCUT2D eigenvalue weighted by atomic mass is 31.2. The third-order valence-electron chi connectivity index (χ3n) is 10.3. The van der Waals surface area contributed by atoms with Crippen molar-refractivity contribution < 1.29 is 42.9 Å². The fourth-order valence-corrected chi connectivity index (χ4v) is 8.17. The van der Waals surface area contributed by atoms with E-state index < -0.39 is 43.4 Å². The first-order valence-electron chi connectivity index (χ1n) is 19.2. The number of phosphoric acid groups is 1. The van der Waals surface area contributed by atoms with Crippen LogP contribution in [0.3, 0.4) is 0 Å². The normalized spacial score (nSPS) is 25.6. The summed E-state index contributed by atoms with van der Waals surface area (Å²) in [5, 5.41) is 26.8. The maximum Gasteiger partial charge on any atom is 0.472 e. The van der Waals surface area contributed by atoms with Gasteiger partial charge < -0.3 is 35.1 Å². The number of anilines is 1. The quantitative estimate of drug-likeness (QED) is 0.0496. The summed E-state index contributed by atoms with van der Waals surface area (Å²) in [4.78, 5) is 14.6. The van der Waals surface area contributed by atoms with Crippen molar-refractivity contribution in [3.8, 4) is 5.75 Å². The lowest BCUT2D eigenvalue weighted by Gasteiger charge is -2.32. The van der Waals surface area contributed by atoms with Crippen LogP contribution in [0, 0.1) is 0 Å². The molecule has 0 bridgehead atoms. The Morgan fingerprint density at radius 1 is 0.923 bits per heavy atom. The molecule has 3 heterocycles. The van der Waals surface area contributed by atoms with Crippen molar-refractivity contribution in [1.29, 1.82) is 0 Å². The summed E-state index contributed by atoms with van der Waals surface area (Å²) >= 11 is 0. The second kappa shape index (κ2) is 19.1. The number of aromatic nitrogens is 3. The monoisotopic (exact) mass is 746 g/mol. The van der Waals surface area contributed by atoms with Gasteiger partial charge in [-0.3, -0.25) is 9.05 Å². The number of nitrogens with two attached hydrogens (primary N) is 1. The average molecular weight is 747 g/mol. The summed E-state index contributed by atoms with van der Waals surface area (Å²) in [5.74, 6) is 0.804. The van der Waals surface area contributed by atoms with Crippen LogP contribution in [0.1, 0.15) is 116 Å². The Bertz CT molecular complexity index is 1560. The van der Waals surface area contributed by atoms with E-state index in [1.807, 2.05) is 18.2 Å². The summed E-state index contributed by atoms with van der Waals surface area (Å²) in [6.45, 7) is 4.23. The van der Waals surface area contributed by atoms with Gasteiger partial charge in [0, 0.05) is 6.61 Å².